The molecule has 0 aliphatic rings. The highest BCUT2D eigenvalue weighted by molar-refractivity contribution is 5.87. The van der Waals surface area contributed by atoms with Crippen molar-refractivity contribution in [3.05, 3.63) is 72.3 Å². The second-order valence-electron chi connectivity index (χ2n) is 6.40. The zero-order chi connectivity index (χ0) is 20.9. The van der Waals surface area contributed by atoms with Crippen LogP contribution >= 0.6 is 0 Å². The van der Waals surface area contributed by atoms with E-state index in [0.29, 0.717) is 25.6 Å². The monoisotopic (exact) mass is 398 g/mol. The lowest BCUT2D eigenvalue weighted by Gasteiger charge is -2.09. The van der Waals surface area contributed by atoms with E-state index in [2.05, 4.69) is 6.58 Å². The van der Waals surface area contributed by atoms with Gasteiger partial charge < -0.3 is 19.3 Å². The van der Waals surface area contributed by atoms with E-state index in [1.54, 1.807) is 12.1 Å². The summed E-state index contributed by atoms with van der Waals surface area (Å²) < 4.78 is 16.3. The Morgan fingerprint density at radius 3 is 2.03 bits per heavy atom. The first kappa shape index (κ1) is 22.0. The molecule has 0 atom stereocenters. The first-order valence-corrected chi connectivity index (χ1v) is 9.55. The molecular weight excluding hydrogens is 372 g/mol. The first-order chi connectivity index (χ1) is 14.1. The van der Waals surface area contributed by atoms with Gasteiger partial charge in [0.05, 0.1) is 18.8 Å². The number of ether oxygens (including phenoxy) is 3. The minimum atomic E-state index is -0.957. The molecule has 2 rings (SSSR count). The van der Waals surface area contributed by atoms with Crippen LogP contribution in [0.5, 0.6) is 11.5 Å². The van der Waals surface area contributed by atoms with E-state index in [-0.39, 0.29) is 11.5 Å². The molecule has 0 aliphatic heterocycles. The van der Waals surface area contributed by atoms with Crippen LogP contribution in [0.3, 0.4) is 0 Å². The summed E-state index contributed by atoms with van der Waals surface area (Å²) in [5.74, 6) is 0.0912. The summed E-state index contributed by atoms with van der Waals surface area (Å²) in [6.07, 6.45) is 4.94. The molecule has 0 aromatic heterocycles. The van der Waals surface area contributed by atoms with Gasteiger partial charge in [0.15, 0.2) is 0 Å². The Balaban J connectivity index is 1.60. The Hall–Kier alpha value is -3.28. The molecule has 29 heavy (non-hydrogen) atoms. The van der Waals surface area contributed by atoms with Crippen LogP contribution in [0.2, 0.25) is 0 Å². The van der Waals surface area contributed by atoms with E-state index in [1.807, 2.05) is 24.3 Å². The first-order valence-electron chi connectivity index (χ1n) is 9.55. The number of hydrogen-bond donors (Lipinski definition) is 1. The number of rotatable bonds is 13. The minimum absolute atomic E-state index is 0.231. The molecular formula is C23H26O6. The van der Waals surface area contributed by atoms with E-state index >= 15 is 0 Å². The second kappa shape index (κ2) is 12.2. The maximum atomic E-state index is 10.9. The number of hydrogen-bond acceptors (Lipinski definition) is 5. The van der Waals surface area contributed by atoms with Crippen molar-refractivity contribution in [3.63, 3.8) is 0 Å². The predicted octanol–water partition coefficient (Wildman–Crippen LogP) is 4.63. The quantitative estimate of drug-likeness (QED) is 0.301. The summed E-state index contributed by atoms with van der Waals surface area (Å²) in [4.78, 5) is 21.7. The molecule has 6 nitrogen and oxygen atoms in total. The normalized spacial score (nSPS) is 10.2. The number of carboxylic acids is 1. The van der Waals surface area contributed by atoms with Gasteiger partial charge >= 0.3 is 11.9 Å². The highest BCUT2D eigenvalue weighted by Gasteiger charge is 2.03. The van der Waals surface area contributed by atoms with Crippen molar-refractivity contribution in [1.82, 2.24) is 0 Å². The lowest BCUT2D eigenvalue weighted by atomic mass is 10.2. The van der Waals surface area contributed by atoms with Gasteiger partial charge in [0.25, 0.3) is 0 Å². The fourth-order valence-electron chi connectivity index (χ4n) is 2.52. The lowest BCUT2D eigenvalue weighted by Crippen LogP contribution is -2.02. The molecule has 2 aromatic carbocycles. The maximum absolute atomic E-state index is 10.9. The predicted molar refractivity (Wildman–Crippen MR) is 109 cm³/mol. The molecule has 0 heterocycles. The summed E-state index contributed by atoms with van der Waals surface area (Å²) in [6, 6.07) is 14.0. The van der Waals surface area contributed by atoms with Gasteiger partial charge in [-0.05, 0) is 67.6 Å². The van der Waals surface area contributed by atoms with Crippen LogP contribution in [0, 0.1) is 0 Å². The van der Waals surface area contributed by atoms with E-state index in [4.69, 9.17) is 19.3 Å². The third-order valence-corrected chi connectivity index (χ3v) is 4.15. The van der Waals surface area contributed by atoms with E-state index < -0.39 is 5.97 Å². The molecule has 2 aromatic rings. The van der Waals surface area contributed by atoms with Crippen LogP contribution in [0.1, 0.15) is 41.6 Å². The molecule has 0 aliphatic carbocycles. The Kier molecular flexibility index (Phi) is 9.29. The van der Waals surface area contributed by atoms with E-state index in [9.17, 15) is 9.59 Å². The van der Waals surface area contributed by atoms with Crippen LogP contribution in [0.4, 0.5) is 0 Å². The van der Waals surface area contributed by atoms with Gasteiger partial charge in [-0.1, -0.05) is 18.7 Å². The van der Waals surface area contributed by atoms with E-state index in [0.717, 1.165) is 37.0 Å². The third kappa shape index (κ3) is 8.51. The van der Waals surface area contributed by atoms with Crippen LogP contribution < -0.4 is 9.47 Å². The van der Waals surface area contributed by atoms with Gasteiger partial charge in [-0.2, -0.15) is 0 Å². The van der Waals surface area contributed by atoms with Gasteiger partial charge in [-0.25, -0.2) is 9.59 Å². The number of aromatic carboxylic acids is 1. The summed E-state index contributed by atoms with van der Waals surface area (Å²) in [5.41, 5.74) is 1.23. The molecule has 6 heteroatoms. The molecule has 0 bridgehead atoms. The summed E-state index contributed by atoms with van der Waals surface area (Å²) in [7, 11) is 0. The Morgan fingerprint density at radius 2 is 1.41 bits per heavy atom. The molecule has 154 valence electrons. The molecule has 0 amide bonds. The van der Waals surface area contributed by atoms with Crippen molar-refractivity contribution in [3.8, 4) is 11.5 Å². The molecule has 0 spiro atoms. The van der Waals surface area contributed by atoms with Crippen molar-refractivity contribution < 1.29 is 28.9 Å². The van der Waals surface area contributed by atoms with Crippen molar-refractivity contribution in [2.24, 2.45) is 0 Å². The van der Waals surface area contributed by atoms with Crippen molar-refractivity contribution in [1.29, 1.82) is 0 Å². The number of esters is 1. The summed E-state index contributed by atoms with van der Waals surface area (Å²) in [5, 5.41) is 8.89. The van der Waals surface area contributed by atoms with Crippen LogP contribution in [-0.2, 0) is 16.1 Å². The highest BCUT2D eigenvalue weighted by atomic mass is 16.5. The van der Waals surface area contributed by atoms with Crippen LogP contribution in [0.15, 0.2) is 61.2 Å². The van der Waals surface area contributed by atoms with E-state index in [1.165, 1.54) is 18.2 Å². The zero-order valence-corrected chi connectivity index (χ0v) is 16.3. The Labute approximate surface area is 170 Å². The molecule has 0 saturated carbocycles. The fourth-order valence-corrected chi connectivity index (χ4v) is 2.52. The van der Waals surface area contributed by atoms with Gasteiger partial charge in [0, 0.05) is 6.08 Å². The minimum Gasteiger partial charge on any atom is -0.494 e. The largest absolute Gasteiger partial charge is 0.494 e. The molecule has 0 unspecified atom stereocenters. The Bertz CT molecular complexity index is 780. The number of benzene rings is 2. The average molecular weight is 398 g/mol. The summed E-state index contributed by atoms with van der Waals surface area (Å²) >= 11 is 0. The van der Waals surface area contributed by atoms with Gasteiger partial charge in [0.1, 0.15) is 18.1 Å². The molecule has 0 radical (unpaired) electrons. The van der Waals surface area contributed by atoms with Crippen molar-refractivity contribution in [2.75, 3.05) is 13.2 Å². The average Bonchev–Trinajstić information content (AvgIpc) is 2.75. The molecule has 0 fully saturated rings. The van der Waals surface area contributed by atoms with Crippen molar-refractivity contribution in [2.45, 2.75) is 32.3 Å². The number of carboxylic acid groups (broad SMARTS) is 1. The lowest BCUT2D eigenvalue weighted by molar-refractivity contribution is -0.137. The van der Waals surface area contributed by atoms with Crippen molar-refractivity contribution >= 4 is 11.9 Å². The fraction of sp³-hybridized carbons (Fsp3) is 0.304. The number of carbonyl (C=O) groups is 2. The van der Waals surface area contributed by atoms with Gasteiger partial charge in [-0.15, -0.1) is 0 Å². The molecule has 1 N–H and O–H groups in total. The Morgan fingerprint density at radius 1 is 0.828 bits per heavy atom. The topological polar surface area (TPSA) is 82.1 Å². The standard InChI is InChI=1S/C23H26O6/c1-2-22(24)28-16-6-4-3-5-15-27-20-11-7-18(8-12-20)17-29-21-13-9-19(10-14-21)23(25)26/h2,7-14H,1,3-6,15-17H2,(H,25,26). The summed E-state index contributed by atoms with van der Waals surface area (Å²) in [6.45, 7) is 4.81. The number of unbranched alkanes of at least 4 members (excludes halogenated alkanes) is 3. The second-order valence-corrected chi connectivity index (χ2v) is 6.40. The SMILES string of the molecule is C=CC(=O)OCCCCCCOc1ccc(COc2ccc(C(=O)O)cc2)cc1. The van der Waals surface area contributed by atoms with Crippen LogP contribution in [-0.4, -0.2) is 30.3 Å². The zero-order valence-electron chi connectivity index (χ0n) is 16.3. The maximum Gasteiger partial charge on any atom is 0.335 e. The highest BCUT2D eigenvalue weighted by Crippen LogP contribution is 2.17. The van der Waals surface area contributed by atoms with Crippen LogP contribution in [0.25, 0.3) is 0 Å². The molecule has 0 saturated heterocycles. The van der Waals surface area contributed by atoms with Gasteiger partial charge in [-0.3, -0.25) is 0 Å². The third-order valence-electron chi connectivity index (χ3n) is 4.15. The smallest absolute Gasteiger partial charge is 0.335 e. The van der Waals surface area contributed by atoms with Gasteiger partial charge in [0.2, 0.25) is 0 Å². The number of carbonyl (C=O) groups excluding carboxylic acids is 1.